The predicted octanol–water partition coefficient (Wildman–Crippen LogP) is 15.7. The Bertz CT molecular complexity index is 1450. The molecular weight excluding hydrogens is 725 g/mol. The minimum Gasteiger partial charge on any atom is -0.492 e. The van der Waals surface area contributed by atoms with Crippen molar-refractivity contribution >= 4 is 34.4 Å². The normalized spacial score (nSPS) is 15.1. The lowest BCUT2D eigenvalue weighted by atomic mass is 9.66. The van der Waals surface area contributed by atoms with Crippen molar-refractivity contribution in [3.8, 4) is 23.0 Å². The molecule has 54 heavy (non-hydrogen) atoms. The summed E-state index contributed by atoms with van der Waals surface area (Å²) >= 11 is 5.79. The van der Waals surface area contributed by atoms with Crippen molar-refractivity contribution in [1.29, 1.82) is 0 Å². The van der Waals surface area contributed by atoms with Gasteiger partial charge in [0.05, 0.1) is 46.9 Å². The Balaban J connectivity index is 2.69. The third-order valence-electron chi connectivity index (χ3n) is 12.2. The van der Waals surface area contributed by atoms with Gasteiger partial charge in [0.2, 0.25) is 0 Å². The molecule has 2 rings (SSSR count). The molecule has 0 spiro atoms. The molecule has 2 aromatic rings. The van der Waals surface area contributed by atoms with Gasteiger partial charge < -0.3 is 18.9 Å². The van der Waals surface area contributed by atoms with E-state index in [1.54, 1.807) is 14.2 Å². The lowest BCUT2D eigenvalue weighted by Gasteiger charge is -2.45. The van der Waals surface area contributed by atoms with E-state index in [0.717, 1.165) is 49.1 Å². The highest BCUT2D eigenvalue weighted by Gasteiger charge is 2.47. The third-order valence-corrected chi connectivity index (χ3v) is 17.8. The van der Waals surface area contributed by atoms with Gasteiger partial charge in [0.1, 0.15) is 0 Å². The van der Waals surface area contributed by atoms with Crippen molar-refractivity contribution in [3.63, 3.8) is 0 Å². The predicted molar refractivity (Wildman–Crippen MR) is 243 cm³/mol. The average Bonchev–Trinajstić information content (AvgIpc) is 3.70. The summed E-state index contributed by atoms with van der Waals surface area (Å²) in [6, 6.07) is 0. The Labute approximate surface area is 346 Å². The molecule has 0 amide bonds. The number of thioether (sulfide) groups is 1. The van der Waals surface area contributed by atoms with Crippen molar-refractivity contribution in [3.05, 3.63) is 30.5 Å². The van der Waals surface area contributed by atoms with Gasteiger partial charge in [-0.1, -0.05) is 155 Å². The summed E-state index contributed by atoms with van der Waals surface area (Å²) < 4.78 is 26.2. The van der Waals surface area contributed by atoms with Crippen molar-refractivity contribution in [2.75, 3.05) is 27.4 Å². The Morgan fingerprint density at radius 1 is 0.667 bits per heavy atom. The molecule has 4 nitrogen and oxygen atoms in total. The van der Waals surface area contributed by atoms with Gasteiger partial charge in [-0.15, -0.1) is 34.4 Å². The van der Waals surface area contributed by atoms with Crippen molar-refractivity contribution < 1.29 is 18.9 Å². The Kier molecular flexibility index (Phi) is 18.9. The van der Waals surface area contributed by atoms with Crippen LogP contribution in [0.1, 0.15) is 194 Å². The number of ether oxygens (including phenoxy) is 4. The fourth-order valence-electron chi connectivity index (χ4n) is 7.06. The molecule has 7 heteroatoms. The van der Waals surface area contributed by atoms with Gasteiger partial charge in [-0.25, -0.2) is 0 Å². The second-order valence-corrected chi connectivity index (χ2v) is 22.0. The van der Waals surface area contributed by atoms with Gasteiger partial charge in [0.25, 0.3) is 0 Å². The van der Waals surface area contributed by atoms with Crippen LogP contribution in [0.2, 0.25) is 0 Å². The highest BCUT2D eigenvalue weighted by Crippen LogP contribution is 2.60. The molecule has 0 N–H and O–H groups in total. The standard InChI is InChI=1S/C47H82O4S3/c1-20-25-27-33(22-3)29-50-38-39(51-30-34(23-4)28-26-21-2)42(54-41(38)44(9,10)11)45(12,13)32(8)52-35(24-5)46(14,15)47(16,17)43-37(49-19)36(48-18)40(53-43)31(6)7/h24,31-34H,20-23,25-30H2,1-19H3. The van der Waals surface area contributed by atoms with Crippen LogP contribution in [-0.4, -0.2) is 32.7 Å². The number of methoxy groups -OCH3 is 2. The summed E-state index contributed by atoms with van der Waals surface area (Å²) in [7, 11) is 3.55. The summed E-state index contributed by atoms with van der Waals surface area (Å²) in [6.45, 7) is 41.2. The zero-order chi connectivity index (χ0) is 41.2. The van der Waals surface area contributed by atoms with Gasteiger partial charge in [0.15, 0.2) is 23.0 Å². The molecule has 0 aliphatic heterocycles. The Morgan fingerprint density at radius 2 is 1.15 bits per heavy atom. The molecule has 0 saturated carbocycles. The van der Waals surface area contributed by atoms with Crippen LogP contribution >= 0.6 is 34.4 Å². The van der Waals surface area contributed by atoms with E-state index < -0.39 is 0 Å². The van der Waals surface area contributed by atoms with Crippen LogP contribution in [0.25, 0.3) is 0 Å². The smallest absolute Gasteiger partial charge is 0.175 e. The van der Waals surface area contributed by atoms with Gasteiger partial charge >= 0.3 is 0 Å². The van der Waals surface area contributed by atoms with Crippen molar-refractivity contribution in [2.24, 2.45) is 17.3 Å². The molecular formula is C47H82O4S3. The lowest BCUT2D eigenvalue weighted by Crippen LogP contribution is -2.38. The molecule has 312 valence electrons. The van der Waals surface area contributed by atoms with E-state index in [4.69, 9.17) is 18.9 Å². The summed E-state index contributed by atoms with van der Waals surface area (Å²) in [4.78, 5) is 6.48. The summed E-state index contributed by atoms with van der Waals surface area (Å²) in [6.07, 6.45) is 11.9. The second kappa shape index (κ2) is 20.9. The lowest BCUT2D eigenvalue weighted by molar-refractivity contribution is 0.195. The quantitative estimate of drug-likeness (QED) is 0.106. The molecule has 0 aliphatic carbocycles. The van der Waals surface area contributed by atoms with Gasteiger partial charge in [-0.05, 0) is 42.4 Å². The van der Waals surface area contributed by atoms with Crippen LogP contribution in [0.15, 0.2) is 11.0 Å². The molecule has 0 radical (unpaired) electrons. The van der Waals surface area contributed by atoms with Crippen molar-refractivity contribution in [2.45, 2.75) is 196 Å². The first kappa shape index (κ1) is 48.8. The molecule has 3 unspecified atom stereocenters. The molecule has 2 aromatic heterocycles. The first-order valence-corrected chi connectivity index (χ1v) is 23.7. The number of thiophene rings is 2. The van der Waals surface area contributed by atoms with E-state index in [2.05, 4.69) is 124 Å². The average molecular weight is 807 g/mol. The van der Waals surface area contributed by atoms with Crippen LogP contribution in [0.4, 0.5) is 0 Å². The SMILES string of the molecule is CC=C(SC(C)C(C)(C)c1sc(C(C)(C)C)c(OCC(CC)CCCC)c1OCC(CC)CCCC)C(C)(C)C(C)(C)c1sc(C(C)C)c(OC)c1OC. The number of hydrogen-bond donors (Lipinski definition) is 0. The van der Waals surface area contributed by atoms with E-state index in [-0.39, 0.29) is 26.9 Å². The minimum absolute atomic E-state index is 0.0729. The van der Waals surface area contributed by atoms with Crippen LogP contribution in [-0.2, 0) is 16.2 Å². The molecule has 2 heterocycles. The van der Waals surface area contributed by atoms with E-state index >= 15 is 0 Å². The number of unbranched alkanes of at least 4 members (excludes halogenated alkanes) is 2. The van der Waals surface area contributed by atoms with E-state index in [1.807, 2.05) is 34.4 Å². The Morgan fingerprint density at radius 3 is 1.54 bits per heavy atom. The molecule has 0 bridgehead atoms. The topological polar surface area (TPSA) is 36.9 Å². The maximum atomic E-state index is 7.09. The number of rotatable bonds is 24. The maximum Gasteiger partial charge on any atom is 0.175 e. The van der Waals surface area contributed by atoms with Gasteiger partial charge in [0, 0.05) is 26.9 Å². The fourth-order valence-corrected chi connectivity index (χ4v) is 11.6. The number of hydrogen-bond acceptors (Lipinski definition) is 7. The zero-order valence-electron chi connectivity index (χ0n) is 38.3. The van der Waals surface area contributed by atoms with E-state index in [9.17, 15) is 0 Å². The monoisotopic (exact) mass is 807 g/mol. The molecule has 0 aliphatic rings. The summed E-state index contributed by atoms with van der Waals surface area (Å²) in [5.74, 6) is 5.19. The zero-order valence-corrected chi connectivity index (χ0v) is 40.8. The highest BCUT2D eigenvalue weighted by molar-refractivity contribution is 8.03. The van der Waals surface area contributed by atoms with E-state index in [0.29, 0.717) is 17.8 Å². The third kappa shape index (κ3) is 11.2. The van der Waals surface area contributed by atoms with Crippen molar-refractivity contribution in [1.82, 2.24) is 0 Å². The molecule has 0 fully saturated rings. The highest BCUT2D eigenvalue weighted by atomic mass is 32.2. The van der Waals surface area contributed by atoms with Gasteiger partial charge in [-0.2, -0.15) is 0 Å². The first-order chi connectivity index (χ1) is 25.1. The van der Waals surface area contributed by atoms with Crippen LogP contribution in [0, 0.1) is 17.3 Å². The minimum atomic E-state index is -0.235. The van der Waals surface area contributed by atoms with Crippen LogP contribution < -0.4 is 18.9 Å². The maximum absolute atomic E-state index is 7.09. The largest absolute Gasteiger partial charge is 0.492 e. The molecule has 0 aromatic carbocycles. The first-order valence-electron chi connectivity index (χ1n) is 21.2. The van der Waals surface area contributed by atoms with Crippen LogP contribution in [0.3, 0.4) is 0 Å². The fraction of sp³-hybridized carbons (Fsp3) is 0.787. The van der Waals surface area contributed by atoms with E-state index in [1.165, 1.54) is 62.9 Å². The van der Waals surface area contributed by atoms with Crippen LogP contribution in [0.5, 0.6) is 23.0 Å². The van der Waals surface area contributed by atoms with Gasteiger partial charge in [-0.3, -0.25) is 0 Å². The summed E-state index contributed by atoms with van der Waals surface area (Å²) in [5, 5.41) is 0.251. The summed E-state index contributed by atoms with van der Waals surface area (Å²) in [5.41, 5.74) is -0.709. The number of allylic oxidation sites excluding steroid dienone is 2. The Hall–Kier alpha value is -1.31. The second-order valence-electron chi connectivity index (χ2n) is 18.5. The molecule has 0 saturated heterocycles. The molecule has 3 atom stereocenters.